The second-order valence-corrected chi connectivity index (χ2v) is 4.72. The van der Waals surface area contributed by atoms with Gasteiger partial charge in [0.15, 0.2) is 0 Å². The first-order chi connectivity index (χ1) is 9.13. The average molecular weight is 286 g/mol. The molecule has 0 unspecified atom stereocenters. The lowest BCUT2D eigenvalue weighted by Gasteiger charge is -2.06. The molecular weight excluding hydrogens is 274 g/mol. The van der Waals surface area contributed by atoms with Crippen LogP contribution >= 0.6 is 11.8 Å². The lowest BCUT2D eigenvalue weighted by molar-refractivity contribution is -0.0498. The third kappa shape index (κ3) is 4.51. The molecule has 2 aromatic rings. The fourth-order valence-corrected chi connectivity index (χ4v) is 2.27. The van der Waals surface area contributed by atoms with E-state index >= 15 is 0 Å². The minimum Gasteiger partial charge on any atom is -0.435 e. The first kappa shape index (κ1) is 13.8. The van der Waals surface area contributed by atoms with E-state index in [0.29, 0.717) is 23.3 Å². The van der Waals surface area contributed by atoms with Gasteiger partial charge in [-0.1, -0.05) is 12.1 Å². The zero-order chi connectivity index (χ0) is 13.7. The fourth-order valence-electron chi connectivity index (χ4n) is 1.46. The molecule has 0 bridgehead atoms. The van der Waals surface area contributed by atoms with Gasteiger partial charge in [-0.3, -0.25) is 0 Å². The molecule has 7 heteroatoms. The van der Waals surface area contributed by atoms with Crippen molar-refractivity contribution in [2.45, 2.75) is 25.0 Å². The van der Waals surface area contributed by atoms with Gasteiger partial charge in [0.25, 0.3) is 0 Å². The summed E-state index contributed by atoms with van der Waals surface area (Å²) in [6, 6.07) is 6.63. The number of thioether (sulfide) groups is 1. The van der Waals surface area contributed by atoms with Crippen LogP contribution in [0, 0.1) is 6.92 Å². The highest BCUT2D eigenvalue weighted by Gasteiger charge is 2.06. The number of hydrogen-bond donors (Lipinski definition) is 0. The van der Waals surface area contributed by atoms with E-state index in [2.05, 4.69) is 14.9 Å². The summed E-state index contributed by atoms with van der Waals surface area (Å²) in [5.41, 5.74) is 0.902. The van der Waals surface area contributed by atoms with E-state index in [1.165, 1.54) is 6.07 Å². The maximum absolute atomic E-state index is 12.1. The zero-order valence-corrected chi connectivity index (χ0v) is 11.0. The number of alkyl halides is 2. The minimum atomic E-state index is -2.80. The third-order valence-electron chi connectivity index (χ3n) is 2.19. The van der Waals surface area contributed by atoms with Crippen molar-refractivity contribution < 1.29 is 17.9 Å². The topological polar surface area (TPSA) is 48.2 Å². The highest BCUT2D eigenvalue weighted by Crippen LogP contribution is 2.21. The summed E-state index contributed by atoms with van der Waals surface area (Å²) in [5, 5.41) is 7.60. The van der Waals surface area contributed by atoms with Gasteiger partial charge in [0.1, 0.15) is 5.75 Å². The van der Waals surface area contributed by atoms with Gasteiger partial charge in [-0.25, -0.2) is 0 Å². The lowest BCUT2D eigenvalue weighted by atomic mass is 10.2. The van der Waals surface area contributed by atoms with E-state index in [-0.39, 0.29) is 5.75 Å². The van der Waals surface area contributed by atoms with E-state index in [1.54, 1.807) is 30.8 Å². The van der Waals surface area contributed by atoms with Gasteiger partial charge >= 0.3 is 6.61 Å². The average Bonchev–Trinajstić information content (AvgIpc) is 2.75. The lowest BCUT2D eigenvalue weighted by Crippen LogP contribution is -2.01. The molecule has 2 rings (SSSR count). The number of halogens is 2. The molecule has 102 valence electrons. The van der Waals surface area contributed by atoms with Gasteiger partial charge in [-0.05, 0) is 17.7 Å². The molecule has 0 atom stereocenters. The number of aryl methyl sites for hydroxylation is 1. The summed E-state index contributed by atoms with van der Waals surface area (Å²) in [6.45, 7) is -1.07. The Kier molecular flexibility index (Phi) is 4.73. The van der Waals surface area contributed by atoms with Crippen LogP contribution in [-0.2, 0) is 11.5 Å². The summed E-state index contributed by atoms with van der Waals surface area (Å²) in [7, 11) is 0. The third-order valence-corrected chi connectivity index (χ3v) is 3.17. The summed E-state index contributed by atoms with van der Waals surface area (Å²) in [4.78, 5) is 0. The number of nitrogens with zero attached hydrogens (tertiary/aromatic N) is 2. The molecule has 0 spiro atoms. The summed E-state index contributed by atoms with van der Waals surface area (Å²) >= 11 is 1.56. The van der Waals surface area contributed by atoms with Gasteiger partial charge in [-0.15, -0.1) is 22.0 Å². The van der Waals surface area contributed by atoms with Gasteiger partial charge in [0, 0.05) is 12.7 Å². The summed E-state index contributed by atoms with van der Waals surface area (Å²) in [5.74, 6) is 2.50. The standard InChI is InChI=1S/C12H12F2N2O2S/c1-8-15-16-11(17-8)7-19-6-9-3-2-4-10(5-9)18-12(13)14/h2-5,12H,6-7H2,1H3. The van der Waals surface area contributed by atoms with Crippen LogP contribution in [0.25, 0.3) is 0 Å². The Hall–Kier alpha value is -1.63. The normalized spacial score (nSPS) is 10.9. The molecule has 1 aromatic carbocycles. The van der Waals surface area contributed by atoms with Gasteiger partial charge < -0.3 is 9.15 Å². The van der Waals surface area contributed by atoms with Crippen LogP contribution in [0.3, 0.4) is 0 Å². The Morgan fingerprint density at radius 3 is 2.84 bits per heavy atom. The molecule has 1 heterocycles. The smallest absolute Gasteiger partial charge is 0.387 e. The zero-order valence-electron chi connectivity index (χ0n) is 10.2. The quantitative estimate of drug-likeness (QED) is 0.814. The second-order valence-electron chi connectivity index (χ2n) is 3.73. The molecule has 0 saturated heterocycles. The van der Waals surface area contributed by atoms with Crippen LogP contribution in [0.2, 0.25) is 0 Å². The molecule has 0 fully saturated rings. The molecule has 0 aliphatic rings. The van der Waals surface area contributed by atoms with Crippen molar-refractivity contribution in [3.63, 3.8) is 0 Å². The molecular formula is C12H12F2N2O2S. The van der Waals surface area contributed by atoms with E-state index in [1.807, 2.05) is 6.07 Å². The molecule has 1 aromatic heterocycles. The van der Waals surface area contributed by atoms with Crippen molar-refractivity contribution in [3.8, 4) is 5.75 Å². The predicted molar refractivity (Wildman–Crippen MR) is 67.1 cm³/mol. The fraction of sp³-hybridized carbons (Fsp3) is 0.333. The van der Waals surface area contributed by atoms with Crippen LogP contribution < -0.4 is 4.74 Å². The van der Waals surface area contributed by atoms with Crippen molar-refractivity contribution in [2.75, 3.05) is 0 Å². The highest BCUT2D eigenvalue weighted by atomic mass is 32.2. The number of hydrogen-bond acceptors (Lipinski definition) is 5. The van der Waals surface area contributed by atoms with Gasteiger partial charge in [0.05, 0.1) is 5.75 Å². The molecule has 0 amide bonds. The summed E-state index contributed by atoms with van der Waals surface area (Å²) in [6.07, 6.45) is 0. The molecule has 0 radical (unpaired) electrons. The number of rotatable bonds is 6. The first-order valence-electron chi connectivity index (χ1n) is 5.54. The molecule has 0 aliphatic heterocycles. The van der Waals surface area contributed by atoms with Crippen LogP contribution in [-0.4, -0.2) is 16.8 Å². The van der Waals surface area contributed by atoms with Crippen LogP contribution in [0.5, 0.6) is 5.75 Å². The predicted octanol–water partition coefficient (Wildman–Crippen LogP) is 3.41. The Morgan fingerprint density at radius 1 is 1.32 bits per heavy atom. The monoisotopic (exact) mass is 286 g/mol. The van der Waals surface area contributed by atoms with Gasteiger partial charge in [0.2, 0.25) is 11.8 Å². The molecule has 4 nitrogen and oxygen atoms in total. The van der Waals surface area contributed by atoms with E-state index < -0.39 is 6.61 Å². The Balaban J connectivity index is 1.85. The maximum Gasteiger partial charge on any atom is 0.387 e. The van der Waals surface area contributed by atoms with E-state index in [4.69, 9.17) is 4.42 Å². The van der Waals surface area contributed by atoms with Crippen molar-refractivity contribution in [2.24, 2.45) is 0 Å². The Bertz CT molecular complexity index is 534. The van der Waals surface area contributed by atoms with E-state index in [9.17, 15) is 8.78 Å². The SMILES string of the molecule is Cc1nnc(CSCc2cccc(OC(F)F)c2)o1. The molecule has 0 aliphatic carbocycles. The number of aromatic nitrogens is 2. The van der Waals surface area contributed by atoms with Crippen molar-refractivity contribution in [1.82, 2.24) is 10.2 Å². The Morgan fingerprint density at radius 2 is 2.16 bits per heavy atom. The van der Waals surface area contributed by atoms with Crippen LogP contribution in [0.4, 0.5) is 8.78 Å². The van der Waals surface area contributed by atoms with Crippen molar-refractivity contribution in [3.05, 3.63) is 41.6 Å². The highest BCUT2D eigenvalue weighted by molar-refractivity contribution is 7.97. The molecule has 19 heavy (non-hydrogen) atoms. The van der Waals surface area contributed by atoms with Crippen molar-refractivity contribution >= 4 is 11.8 Å². The second kappa shape index (κ2) is 6.51. The number of ether oxygens (including phenoxy) is 1. The van der Waals surface area contributed by atoms with Crippen LogP contribution in [0.15, 0.2) is 28.7 Å². The summed E-state index contributed by atoms with van der Waals surface area (Å²) < 4.78 is 33.7. The number of benzene rings is 1. The maximum atomic E-state index is 12.1. The van der Waals surface area contributed by atoms with Gasteiger partial charge in [-0.2, -0.15) is 8.78 Å². The molecule has 0 saturated carbocycles. The molecule has 0 N–H and O–H groups in total. The minimum absolute atomic E-state index is 0.168. The largest absolute Gasteiger partial charge is 0.435 e. The Labute approximate surface area is 113 Å². The first-order valence-corrected chi connectivity index (χ1v) is 6.69. The van der Waals surface area contributed by atoms with Crippen molar-refractivity contribution in [1.29, 1.82) is 0 Å². The van der Waals surface area contributed by atoms with E-state index in [0.717, 1.165) is 5.56 Å². The van der Waals surface area contributed by atoms with Crippen LogP contribution in [0.1, 0.15) is 17.3 Å².